The first-order valence-corrected chi connectivity index (χ1v) is 12.6. The Morgan fingerprint density at radius 3 is 1.83 bits per heavy atom. The largest absolute Gasteiger partial charge is 0.494 e. The third-order valence-electron chi connectivity index (χ3n) is 6.49. The average molecular weight is 471 g/mol. The Morgan fingerprint density at radius 1 is 0.800 bits per heavy atom. The van der Waals surface area contributed by atoms with Crippen LogP contribution < -0.4 is 5.46 Å². The van der Waals surface area contributed by atoms with Crippen LogP contribution in [0.15, 0.2) is 73.3 Å². The molecule has 0 saturated carbocycles. The normalized spacial score (nSPS) is 16.2. The molecule has 2 aromatic carbocycles. The summed E-state index contributed by atoms with van der Waals surface area (Å²) in [7, 11) is -0.353. The van der Waals surface area contributed by atoms with Gasteiger partial charge in [-0.3, -0.25) is 0 Å². The molecule has 1 saturated heterocycles. The van der Waals surface area contributed by atoms with Gasteiger partial charge in [-0.15, -0.1) is 0 Å². The van der Waals surface area contributed by atoms with E-state index in [0.29, 0.717) is 0 Å². The van der Waals surface area contributed by atoms with Crippen molar-refractivity contribution >= 4 is 35.6 Å². The van der Waals surface area contributed by atoms with E-state index in [-0.39, 0.29) is 18.3 Å². The van der Waals surface area contributed by atoms with Crippen molar-refractivity contribution in [1.29, 1.82) is 0 Å². The van der Waals surface area contributed by atoms with Crippen LogP contribution in [0.25, 0.3) is 28.7 Å². The number of rotatable bonds is 4. The summed E-state index contributed by atoms with van der Waals surface area (Å²) in [6.07, 6.45) is 10.1. The van der Waals surface area contributed by atoms with Gasteiger partial charge in [0.05, 0.1) is 22.4 Å². The van der Waals surface area contributed by atoms with Crippen LogP contribution in [0.5, 0.6) is 0 Å². The van der Waals surface area contributed by atoms with Crippen molar-refractivity contribution in [1.82, 2.24) is 4.57 Å². The zero-order valence-corrected chi connectivity index (χ0v) is 23.1. The maximum Gasteiger partial charge on any atom is 0.494 e. The molecular weight excluding hydrogens is 429 g/mol. The van der Waals surface area contributed by atoms with Crippen LogP contribution in [0.2, 0.25) is 0 Å². The lowest BCUT2D eigenvalue weighted by molar-refractivity contribution is 0.00578. The van der Waals surface area contributed by atoms with Gasteiger partial charge in [0.15, 0.2) is 0 Å². The fourth-order valence-electron chi connectivity index (χ4n) is 3.86. The smallest absolute Gasteiger partial charge is 0.399 e. The van der Waals surface area contributed by atoms with Gasteiger partial charge in [-0.05, 0) is 78.2 Å². The zero-order valence-electron chi connectivity index (χ0n) is 23.1. The van der Waals surface area contributed by atoms with E-state index in [2.05, 4.69) is 99.5 Å². The molecule has 35 heavy (non-hydrogen) atoms. The third kappa shape index (κ3) is 5.88. The standard InChI is InChI=1S/C25H28BNO2.C4H8.C2H6/c1-7-11-22-20(8-2)21-12-9-10-13-23(21)27(22)19-16-14-18(15-17-19)26-28-24(3,4)25(5,6)29-26;1-3-4-2;1-2/h7-17H,2H2,1,3-6H3;3-4H,1-2H3;1-2H3/b11-7-;4-3-;. The molecule has 0 radical (unpaired) electrons. The molecule has 0 amide bonds. The van der Waals surface area contributed by atoms with E-state index in [9.17, 15) is 0 Å². The first-order chi connectivity index (χ1) is 16.7. The highest BCUT2D eigenvalue weighted by Crippen LogP contribution is 2.37. The minimum atomic E-state index is -0.353. The Morgan fingerprint density at radius 2 is 1.34 bits per heavy atom. The number of benzene rings is 2. The molecule has 4 rings (SSSR count). The Bertz CT molecular complexity index is 1150. The first-order valence-electron chi connectivity index (χ1n) is 12.6. The van der Waals surface area contributed by atoms with Crippen molar-refractivity contribution in [3.63, 3.8) is 0 Å². The highest BCUT2D eigenvalue weighted by Gasteiger charge is 2.51. The van der Waals surface area contributed by atoms with E-state index in [0.717, 1.165) is 22.4 Å². The first kappa shape index (κ1) is 28.4. The molecule has 1 aliphatic rings. The van der Waals surface area contributed by atoms with E-state index in [1.807, 2.05) is 52.8 Å². The zero-order chi connectivity index (χ0) is 26.2. The topological polar surface area (TPSA) is 23.4 Å². The number of hydrogen-bond donors (Lipinski definition) is 0. The summed E-state index contributed by atoms with van der Waals surface area (Å²) in [4.78, 5) is 0. The highest BCUT2D eigenvalue weighted by atomic mass is 16.7. The Kier molecular flexibility index (Phi) is 9.94. The number of aromatic nitrogens is 1. The van der Waals surface area contributed by atoms with Gasteiger partial charge in [-0.2, -0.15) is 0 Å². The lowest BCUT2D eigenvalue weighted by Gasteiger charge is -2.32. The van der Waals surface area contributed by atoms with Gasteiger partial charge in [-0.25, -0.2) is 0 Å². The fraction of sp³-hybridized carbons (Fsp3) is 0.355. The molecule has 2 heterocycles. The molecule has 3 nitrogen and oxygen atoms in total. The van der Waals surface area contributed by atoms with Crippen LogP contribution in [0, 0.1) is 0 Å². The molecule has 1 fully saturated rings. The predicted molar refractivity (Wildman–Crippen MR) is 156 cm³/mol. The van der Waals surface area contributed by atoms with Crippen molar-refractivity contribution in [2.75, 3.05) is 0 Å². The lowest BCUT2D eigenvalue weighted by atomic mass is 9.79. The van der Waals surface area contributed by atoms with E-state index < -0.39 is 0 Å². The molecular formula is C31H42BNO2. The molecule has 4 heteroatoms. The average Bonchev–Trinajstić information content (AvgIpc) is 3.29. The molecule has 1 aliphatic heterocycles. The number of para-hydroxylation sites is 1. The van der Waals surface area contributed by atoms with Gasteiger partial charge in [0.1, 0.15) is 0 Å². The molecule has 0 bridgehead atoms. The lowest BCUT2D eigenvalue weighted by Crippen LogP contribution is -2.41. The minimum Gasteiger partial charge on any atom is -0.399 e. The van der Waals surface area contributed by atoms with Gasteiger partial charge in [0, 0.05) is 16.6 Å². The number of allylic oxidation sites excluding steroid dienone is 3. The Hall–Kier alpha value is -2.82. The Labute approximate surface area is 213 Å². The van der Waals surface area contributed by atoms with Gasteiger partial charge in [0.25, 0.3) is 0 Å². The summed E-state index contributed by atoms with van der Waals surface area (Å²) in [6.45, 7) is 22.4. The van der Waals surface area contributed by atoms with Gasteiger partial charge < -0.3 is 13.9 Å². The monoisotopic (exact) mass is 471 g/mol. The summed E-state index contributed by atoms with van der Waals surface area (Å²) in [5.74, 6) is 0. The maximum absolute atomic E-state index is 6.20. The van der Waals surface area contributed by atoms with Crippen molar-refractivity contribution in [3.05, 3.63) is 84.6 Å². The molecule has 0 unspecified atom stereocenters. The van der Waals surface area contributed by atoms with E-state index in [1.54, 1.807) is 0 Å². The quantitative estimate of drug-likeness (QED) is 0.283. The van der Waals surface area contributed by atoms with Crippen LogP contribution >= 0.6 is 0 Å². The summed E-state index contributed by atoms with van der Waals surface area (Å²) < 4.78 is 14.7. The van der Waals surface area contributed by atoms with Crippen LogP contribution in [0.3, 0.4) is 0 Å². The molecule has 186 valence electrons. The second-order valence-electron chi connectivity index (χ2n) is 9.20. The molecule has 3 aromatic rings. The highest BCUT2D eigenvalue weighted by molar-refractivity contribution is 6.62. The fourth-order valence-corrected chi connectivity index (χ4v) is 3.86. The molecule has 0 aliphatic carbocycles. The van der Waals surface area contributed by atoms with Gasteiger partial charge >= 0.3 is 7.12 Å². The maximum atomic E-state index is 6.20. The van der Waals surface area contributed by atoms with E-state index in [4.69, 9.17) is 9.31 Å². The van der Waals surface area contributed by atoms with E-state index >= 15 is 0 Å². The van der Waals surface area contributed by atoms with Crippen LogP contribution in [0.1, 0.15) is 73.6 Å². The summed E-state index contributed by atoms with van der Waals surface area (Å²) in [5.41, 5.74) is 4.89. The number of fused-ring (bicyclic) bond motifs is 1. The Balaban J connectivity index is 0.000000655. The van der Waals surface area contributed by atoms with Crippen molar-refractivity contribution in [2.24, 2.45) is 0 Å². The SMILES string of the molecule is C/C=C\C.C=Cc1c(/C=C\C)n(-c2ccc(B3OC(C)(C)C(C)(C)O3)cc2)c2ccccc12.CC. The van der Waals surface area contributed by atoms with Gasteiger partial charge in [-0.1, -0.05) is 75.1 Å². The van der Waals surface area contributed by atoms with Crippen molar-refractivity contribution in [3.8, 4) is 5.69 Å². The summed E-state index contributed by atoms with van der Waals surface area (Å²) in [6, 6.07) is 16.9. The molecule has 0 atom stereocenters. The molecule has 0 N–H and O–H groups in total. The number of nitrogens with zero attached hydrogens (tertiary/aromatic N) is 1. The van der Waals surface area contributed by atoms with E-state index in [1.165, 1.54) is 10.9 Å². The summed E-state index contributed by atoms with van der Waals surface area (Å²) in [5, 5.41) is 1.20. The van der Waals surface area contributed by atoms with Crippen molar-refractivity contribution in [2.45, 2.75) is 73.5 Å². The van der Waals surface area contributed by atoms with Crippen LogP contribution in [-0.4, -0.2) is 22.9 Å². The van der Waals surface area contributed by atoms with Crippen LogP contribution in [-0.2, 0) is 9.31 Å². The molecule has 0 spiro atoms. The molecule has 1 aromatic heterocycles. The predicted octanol–water partition coefficient (Wildman–Crippen LogP) is 8.21. The second-order valence-corrected chi connectivity index (χ2v) is 9.20. The summed E-state index contributed by atoms with van der Waals surface area (Å²) >= 11 is 0. The number of hydrogen-bond acceptors (Lipinski definition) is 2. The van der Waals surface area contributed by atoms with Gasteiger partial charge in [0.2, 0.25) is 0 Å². The second kappa shape index (κ2) is 12.2. The third-order valence-corrected chi connectivity index (χ3v) is 6.49. The minimum absolute atomic E-state index is 0.342. The van der Waals surface area contributed by atoms with Crippen LogP contribution in [0.4, 0.5) is 0 Å². The van der Waals surface area contributed by atoms with Crippen molar-refractivity contribution < 1.29 is 9.31 Å².